The van der Waals surface area contributed by atoms with Crippen molar-refractivity contribution in [1.29, 1.82) is 0 Å². The Labute approximate surface area is 119 Å². The molecule has 0 aliphatic carbocycles. The van der Waals surface area contributed by atoms with Crippen LogP contribution < -0.4 is 5.32 Å². The molecule has 0 aromatic carbocycles. The second-order valence-electron chi connectivity index (χ2n) is 4.71. The number of esters is 1. The van der Waals surface area contributed by atoms with Crippen LogP contribution in [0.4, 0.5) is 4.79 Å². The number of nitrogens with one attached hydrogen (secondary N) is 1. The number of thioether (sulfide) groups is 1. The van der Waals surface area contributed by atoms with Gasteiger partial charge in [-0.25, -0.2) is 9.59 Å². The molecule has 5 nitrogen and oxygen atoms in total. The van der Waals surface area contributed by atoms with E-state index in [0.717, 1.165) is 31.7 Å². The molecule has 1 heterocycles. The SMILES string of the molecule is COC(=O)C(CCSC)NC(=O)N1CCCCCC1. The highest BCUT2D eigenvalue weighted by molar-refractivity contribution is 7.98. The first-order chi connectivity index (χ1) is 9.19. The average Bonchev–Trinajstić information content (AvgIpc) is 2.71. The zero-order valence-corrected chi connectivity index (χ0v) is 12.6. The molecule has 1 aliphatic rings. The second kappa shape index (κ2) is 9.07. The number of likely N-dealkylation sites (tertiary alicyclic amines) is 1. The first-order valence-corrected chi connectivity index (χ1v) is 8.20. The lowest BCUT2D eigenvalue weighted by molar-refractivity contribution is -0.142. The molecule has 0 aromatic rings. The molecule has 1 rings (SSSR count). The third kappa shape index (κ3) is 5.72. The maximum absolute atomic E-state index is 12.1. The predicted molar refractivity (Wildman–Crippen MR) is 77.4 cm³/mol. The van der Waals surface area contributed by atoms with Gasteiger partial charge in [0.15, 0.2) is 0 Å². The number of ether oxygens (including phenoxy) is 1. The van der Waals surface area contributed by atoms with Gasteiger partial charge in [-0.2, -0.15) is 11.8 Å². The van der Waals surface area contributed by atoms with Crippen LogP contribution in [0.3, 0.4) is 0 Å². The van der Waals surface area contributed by atoms with E-state index < -0.39 is 6.04 Å². The number of hydrogen-bond donors (Lipinski definition) is 1. The Morgan fingerprint density at radius 3 is 2.42 bits per heavy atom. The van der Waals surface area contributed by atoms with E-state index >= 15 is 0 Å². The first kappa shape index (κ1) is 16.1. The molecular formula is C13H24N2O3S. The van der Waals surface area contributed by atoms with Crippen molar-refractivity contribution in [2.45, 2.75) is 38.1 Å². The van der Waals surface area contributed by atoms with Crippen LogP contribution in [-0.2, 0) is 9.53 Å². The van der Waals surface area contributed by atoms with E-state index in [2.05, 4.69) is 5.32 Å². The largest absolute Gasteiger partial charge is 0.467 e. The van der Waals surface area contributed by atoms with Gasteiger partial charge in [-0.3, -0.25) is 0 Å². The summed E-state index contributed by atoms with van der Waals surface area (Å²) in [4.78, 5) is 25.6. The lowest BCUT2D eigenvalue weighted by Gasteiger charge is -2.24. The van der Waals surface area contributed by atoms with Gasteiger partial charge in [0.25, 0.3) is 0 Å². The Balaban J connectivity index is 2.50. The fraction of sp³-hybridized carbons (Fsp3) is 0.846. The molecule has 2 amide bonds. The van der Waals surface area contributed by atoms with Crippen molar-refractivity contribution in [3.63, 3.8) is 0 Å². The molecule has 0 spiro atoms. The fourth-order valence-corrected chi connectivity index (χ4v) is 2.61. The van der Waals surface area contributed by atoms with Crippen molar-refractivity contribution in [3.8, 4) is 0 Å². The molecular weight excluding hydrogens is 264 g/mol. The number of methoxy groups -OCH3 is 1. The van der Waals surface area contributed by atoms with Crippen LogP contribution in [0.25, 0.3) is 0 Å². The molecule has 1 aliphatic heterocycles. The van der Waals surface area contributed by atoms with Crippen LogP contribution in [0.1, 0.15) is 32.1 Å². The first-order valence-electron chi connectivity index (χ1n) is 6.81. The lowest BCUT2D eigenvalue weighted by Crippen LogP contribution is -2.48. The van der Waals surface area contributed by atoms with E-state index in [4.69, 9.17) is 4.74 Å². The van der Waals surface area contributed by atoms with Gasteiger partial charge in [0.1, 0.15) is 6.04 Å². The van der Waals surface area contributed by atoms with Crippen LogP contribution in [0.15, 0.2) is 0 Å². The van der Waals surface area contributed by atoms with Crippen molar-refractivity contribution < 1.29 is 14.3 Å². The summed E-state index contributed by atoms with van der Waals surface area (Å²) in [5, 5.41) is 2.80. The third-order valence-corrected chi connectivity index (χ3v) is 3.93. The third-order valence-electron chi connectivity index (χ3n) is 3.29. The van der Waals surface area contributed by atoms with Crippen LogP contribution in [0, 0.1) is 0 Å². The molecule has 1 fully saturated rings. The Hall–Kier alpha value is -0.910. The van der Waals surface area contributed by atoms with Crippen molar-refractivity contribution in [3.05, 3.63) is 0 Å². The van der Waals surface area contributed by atoms with Gasteiger partial charge in [-0.15, -0.1) is 0 Å². The average molecular weight is 288 g/mol. The Bertz CT molecular complexity index is 292. The topological polar surface area (TPSA) is 58.6 Å². The Morgan fingerprint density at radius 2 is 1.89 bits per heavy atom. The summed E-state index contributed by atoms with van der Waals surface area (Å²) < 4.78 is 4.74. The van der Waals surface area contributed by atoms with Crippen molar-refractivity contribution in [2.75, 3.05) is 32.2 Å². The number of nitrogens with zero attached hydrogens (tertiary/aromatic N) is 1. The molecule has 0 aromatic heterocycles. The number of urea groups is 1. The minimum Gasteiger partial charge on any atom is -0.467 e. The highest BCUT2D eigenvalue weighted by atomic mass is 32.2. The minimum absolute atomic E-state index is 0.140. The number of hydrogen-bond acceptors (Lipinski definition) is 4. The Morgan fingerprint density at radius 1 is 1.26 bits per heavy atom. The number of amides is 2. The van der Waals surface area contributed by atoms with Gasteiger partial charge < -0.3 is 15.0 Å². The van der Waals surface area contributed by atoms with Gasteiger partial charge in [0.05, 0.1) is 7.11 Å². The van der Waals surface area contributed by atoms with Crippen molar-refractivity contribution in [1.82, 2.24) is 10.2 Å². The van der Waals surface area contributed by atoms with E-state index in [9.17, 15) is 9.59 Å². The number of carbonyl (C=O) groups excluding carboxylic acids is 2. The monoisotopic (exact) mass is 288 g/mol. The van der Waals surface area contributed by atoms with Gasteiger partial charge in [0, 0.05) is 13.1 Å². The molecule has 1 atom stereocenters. The lowest BCUT2D eigenvalue weighted by atomic mass is 10.2. The van der Waals surface area contributed by atoms with Crippen molar-refractivity contribution in [2.24, 2.45) is 0 Å². The zero-order valence-electron chi connectivity index (χ0n) is 11.8. The van der Waals surface area contributed by atoms with E-state index in [-0.39, 0.29) is 12.0 Å². The highest BCUT2D eigenvalue weighted by Gasteiger charge is 2.24. The summed E-state index contributed by atoms with van der Waals surface area (Å²) in [5.74, 6) is 0.456. The van der Waals surface area contributed by atoms with E-state index in [1.165, 1.54) is 20.0 Å². The normalized spacial score (nSPS) is 17.5. The molecule has 1 N–H and O–H groups in total. The maximum Gasteiger partial charge on any atom is 0.328 e. The summed E-state index contributed by atoms with van der Waals surface area (Å²) in [6.45, 7) is 1.56. The van der Waals surface area contributed by atoms with Gasteiger partial charge >= 0.3 is 12.0 Å². The second-order valence-corrected chi connectivity index (χ2v) is 5.69. The highest BCUT2D eigenvalue weighted by Crippen LogP contribution is 2.10. The summed E-state index contributed by atoms with van der Waals surface area (Å²) in [6, 6.07) is -0.674. The van der Waals surface area contributed by atoms with Gasteiger partial charge in [-0.05, 0) is 31.3 Å². The van der Waals surface area contributed by atoms with Gasteiger partial charge in [0.2, 0.25) is 0 Å². The molecule has 1 unspecified atom stereocenters. The van der Waals surface area contributed by atoms with E-state index in [1.807, 2.05) is 11.2 Å². The van der Waals surface area contributed by atoms with E-state index in [1.54, 1.807) is 11.8 Å². The Kier molecular flexibility index (Phi) is 7.70. The van der Waals surface area contributed by atoms with Crippen LogP contribution in [0.5, 0.6) is 0 Å². The zero-order chi connectivity index (χ0) is 14.1. The predicted octanol–water partition coefficient (Wildman–Crippen LogP) is 1.87. The number of rotatable bonds is 5. The molecule has 19 heavy (non-hydrogen) atoms. The molecule has 0 saturated carbocycles. The minimum atomic E-state index is -0.534. The molecule has 0 radical (unpaired) electrons. The van der Waals surface area contributed by atoms with E-state index in [0.29, 0.717) is 6.42 Å². The molecule has 0 bridgehead atoms. The van der Waals surface area contributed by atoms with Crippen LogP contribution in [0.2, 0.25) is 0 Å². The van der Waals surface area contributed by atoms with Gasteiger partial charge in [-0.1, -0.05) is 12.8 Å². The molecule has 1 saturated heterocycles. The van der Waals surface area contributed by atoms with Crippen LogP contribution >= 0.6 is 11.8 Å². The summed E-state index contributed by atoms with van der Waals surface area (Å²) >= 11 is 1.65. The number of carbonyl (C=O) groups is 2. The quantitative estimate of drug-likeness (QED) is 0.785. The van der Waals surface area contributed by atoms with Crippen molar-refractivity contribution >= 4 is 23.8 Å². The summed E-state index contributed by atoms with van der Waals surface area (Å²) in [5.41, 5.74) is 0. The molecule has 110 valence electrons. The summed E-state index contributed by atoms with van der Waals surface area (Å²) in [6.07, 6.45) is 7.02. The van der Waals surface area contributed by atoms with Crippen LogP contribution in [-0.4, -0.2) is 55.2 Å². The smallest absolute Gasteiger partial charge is 0.328 e. The fourth-order valence-electron chi connectivity index (χ4n) is 2.14. The standard InChI is InChI=1S/C13H24N2O3S/c1-18-12(16)11(7-10-19-2)14-13(17)15-8-5-3-4-6-9-15/h11H,3-10H2,1-2H3,(H,14,17). The molecule has 6 heteroatoms. The maximum atomic E-state index is 12.1. The summed E-state index contributed by atoms with van der Waals surface area (Å²) in [7, 11) is 1.35.